The Labute approximate surface area is 59.2 Å². The zero-order valence-corrected chi connectivity index (χ0v) is 6.73. The molecule has 0 atom stereocenters. The van der Waals surface area contributed by atoms with Crippen molar-refractivity contribution in [3.63, 3.8) is 0 Å². The molecule has 3 heteroatoms. The van der Waals surface area contributed by atoms with Crippen molar-refractivity contribution in [3.8, 4) is 0 Å². The average molecular weight is 152 g/mol. The minimum atomic E-state index is 0.314. The van der Waals surface area contributed by atoms with Gasteiger partial charge in [-0.25, -0.2) is 0 Å². The molecule has 0 unspecified atom stereocenters. The number of hydrogen-bond acceptors (Lipinski definition) is 3. The van der Waals surface area contributed by atoms with Crippen molar-refractivity contribution in [3.05, 3.63) is 0 Å². The van der Waals surface area contributed by atoms with Gasteiger partial charge in [-0.1, -0.05) is 6.92 Å². The highest BCUT2D eigenvalue weighted by Gasteiger charge is 1.83. The van der Waals surface area contributed by atoms with Gasteiger partial charge in [0, 0.05) is 10.8 Å². The third-order valence-electron chi connectivity index (χ3n) is 0.606. The topological polar surface area (TPSA) is 20.2 Å². The van der Waals surface area contributed by atoms with E-state index in [2.05, 4.69) is 6.92 Å². The first-order chi connectivity index (χ1) is 3.91. The molecule has 0 aliphatic heterocycles. The molecule has 0 amide bonds. The van der Waals surface area contributed by atoms with Gasteiger partial charge in [0.25, 0.3) is 0 Å². The van der Waals surface area contributed by atoms with E-state index >= 15 is 0 Å². The summed E-state index contributed by atoms with van der Waals surface area (Å²) < 4.78 is 0. The number of aliphatic hydroxyl groups excluding tert-OH is 1. The summed E-state index contributed by atoms with van der Waals surface area (Å²) in [6, 6.07) is 0. The van der Waals surface area contributed by atoms with Gasteiger partial charge in [-0.15, -0.1) is 11.8 Å². The van der Waals surface area contributed by atoms with Gasteiger partial charge in [0.05, 0.1) is 6.61 Å². The maximum absolute atomic E-state index is 8.34. The fourth-order valence-corrected chi connectivity index (χ4v) is 2.00. The molecule has 0 radical (unpaired) electrons. The Balaban J connectivity index is 2.53. The van der Waals surface area contributed by atoms with E-state index < -0.39 is 0 Å². The van der Waals surface area contributed by atoms with Gasteiger partial charge in [0.15, 0.2) is 0 Å². The van der Waals surface area contributed by atoms with Crippen LogP contribution in [0.25, 0.3) is 0 Å². The predicted molar refractivity (Wildman–Crippen MR) is 42.5 cm³/mol. The van der Waals surface area contributed by atoms with Gasteiger partial charge in [0.1, 0.15) is 0 Å². The molecular formula is C5H12OS2. The van der Waals surface area contributed by atoms with Crippen LogP contribution in [0.15, 0.2) is 0 Å². The van der Waals surface area contributed by atoms with Crippen LogP contribution in [0, 0.1) is 0 Å². The van der Waals surface area contributed by atoms with Crippen molar-refractivity contribution in [2.24, 2.45) is 0 Å². The van der Waals surface area contributed by atoms with Crippen LogP contribution in [0.5, 0.6) is 0 Å². The van der Waals surface area contributed by atoms with Crippen molar-refractivity contribution in [2.75, 3.05) is 23.2 Å². The summed E-state index contributed by atoms with van der Waals surface area (Å²) in [5.41, 5.74) is 0. The summed E-state index contributed by atoms with van der Waals surface area (Å²) in [5, 5.41) is 9.46. The van der Waals surface area contributed by atoms with E-state index in [1.54, 1.807) is 11.8 Å². The fraction of sp³-hybridized carbons (Fsp3) is 1.00. The van der Waals surface area contributed by atoms with E-state index in [0.717, 1.165) is 10.8 Å². The van der Waals surface area contributed by atoms with Crippen molar-refractivity contribution in [1.29, 1.82) is 0 Å². The first kappa shape index (κ1) is 8.66. The maximum atomic E-state index is 8.34. The number of thioether (sulfide) groups is 2. The quantitative estimate of drug-likeness (QED) is 0.475. The third kappa shape index (κ3) is 6.66. The Bertz CT molecular complexity index is 35.4. The Morgan fingerprint density at radius 2 is 2.12 bits per heavy atom. The monoisotopic (exact) mass is 152 g/mol. The summed E-state index contributed by atoms with van der Waals surface area (Å²) in [7, 11) is 0. The molecule has 1 N–H and O–H groups in total. The summed E-state index contributed by atoms with van der Waals surface area (Å²) in [6.45, 7) is 2.46. The minimum absolute atomic E-state index is 0.314. The average Bonchev–Trinajstić information content (AvgIpc) is 1.81. The zero-order chi connectivity index (χ0) is 6.24. The van der Waals surface area contributed by atoms with Crippen LogP contribution in [-0.2, 0) is 0 Å². The molecular weight excluding hydrogens is 140 g/mol. The molecule has 0 aliphatic rings. The van der Waals surface area contributed by atoms with Crippen molar-refractivity contribution in [2.45, 2.75) is 6.92 Å². The highest BCUT2D eigenvalue weighted by Crippen LogP contribution is 2.09. The number of hydrogen-bond donors (Lipinski definition) is 1. The van der Waals surface area contributed by atoms with Crippen LogP contribution >= 0.6 is 23.5 Å². The number of rotatable bonds is 5. The van der Waals surface area contributed by atoms with Crippen LogP contribution < -0.4 is 0 Å². The van der Waals surface area contributed by atoms with E-state index in [9.17, 15) is 0 Å². The van der Waals surface area contributed by atoms with E-state index in [1.807, 2.05) is 11.8 Å². The molecule has 0 aromatic carbocycles. The molecule has 0 aromatic rings. The predicted octanol–water partition coefficient (Wildman–Crippen LogP) is 1.42. The second-order valence-electron chi connectivity index (χ2n) is 1.24. The molecule has 50 valence electrons. The summed E-state index contributed by atoms with van der Waals surface area (Å²) in [5.74, 6) is 2.06. The van der Waals surface area contributed by atoms with Crippen LogP contribution in [0.2, 0.25) is 0 Å². The normalized spacial score (nSPS) is 9.75. The van der Waals surface area contributed by atoms with Crippen LogP contribution in [0.4, 0.5) is 0 Å². The zero-order valence-electron chi connectivity index (χ0n) is 5.09. The van der Waals surface area contributed by atoms with Gasteiger partial charge in [-0.3, -0.25) is 0 Å². The lowest BCUT2D eigenvalue weighted by Crippen LogP contribution is -1.85. The highest BCUT2D eigenvalue weighted by molar-refractivity contribution is 8.15. The Kier molecular flexibility index (Phi) is 8.29. The maximum Gasteiger partial charge on any atom is 0.0522 e. The van der Waals surface area contributed by atoms with Gasteiger partial charge < -0.3 is 5.11 Å². The molecule has 0 heterocycles. The van der Waals surface area contributed by atoms with E-state index in [-0.39, 0.29) is 0 Å². The Hall–Kier alpha value is 0.660. The second-order valence-corrected chi connectivity index (χ2v) is 3.99. The molecule has 0 saturated carbocycles. The lowest BCUT2D eigenvalue weighted by Gasteiger charge is -1.94. The van der Waals surface area contributed by atoms with Gasteiger partial charge in [0.2, 0.25) is 0 Å². The van der Waals surface area contributed by atoms with E-state index in [4.69, 9.17) is 5.11 Å². The lowest BCUT2D eigenvalue weighted by molar-refractivity contribution is 0.322. The minimum Gasteiger partial charge on any atom is -0.396 e. The standard InChI is InChI=1S/C5H12OS2/c1-2-7-5-8-4-3-6/h6H,2-5H2,1H3. The van der Waals surface area contributed by atoms with Crippen LogP contribution in [-0.4, -0.2) is 28.3 Å². The summed E-state index contributed by atoms with van der Waals surface area (Å²) >= 11 is 3.69. The van der Waals surface area contributed by atoms with Crippen molar-refractivity contribution < 1.29 is 5.11 Å². The Morgan fingerprint density at radius 1 is 1.38 bits per heavy atom. The fourth-order valence-electron chi connectivity index (χ4n) is 0.266. The summed E-state index contributed by atoms with van der Waals surface area (Å²) in [6.07, 6.45) is 0. The molecule has 0 spiro atoms. The molecule has 0 aliphatic carbocycles. The molecule has 0 fully saturated rings. The van der Waals surface area contributed by atoms with Crippen LogP contribution in [0.1, 0.15) is 6.92 Å². The largest absolute Gasteiger partial charge is 0.396 e. The van der Waals surface area contributed by atoms with E-state index in [1.165, 1.54) is 5.75 Å². The Morgan fingerprint density at radius 3 is 2.62 bits per heavy atom. The third-order valence-corrected chi connectivity index (χ3v) is 2.82. The van der Waals surface area contributed by atoms with Crippen LogP contribution in [0.3, 0.4) is 0 Å². The lowest BCUT2D eigenvalue weighted by atomic mass is 10.9. The first-order valence-electron chi connectivity index (χ1n) is 2.68. The SMILES string of the molecule is CCSCSCCO. The van der Waals surface area contributed by atoms with Crippen molar-refractivity contribution in [1.82, 2.24) is 0 Å². The number of aliphatic hydroxyl groups is 1. The molecule has 0 aromatic heterocycles. The summed E-state index contributed by atoms with van der Waals surface area (Å²) in [4.78, 5) is 0. The van der Waals surface area contributed by atoms with Crippen molar-refractivity contribution >= 4 is 23.5 Å². The van der Waals surface area contributed by atoms with E-state index in [0.29, 0.717) is 6.61 Å². The highest BCUT2D eigenvalue weighted by atomic mass is 32.2. The first-order valence-corrected chi connectivity index (χ1v) is 4.99. The van der Waals surface area contributed by atoms with Gasteiger partial charge in [-0.2, -0.15) is 11.8 Å². The smallest absolute Gasteiger partial charge is 0.0522 e. The molecule has 8 heavy (non-hydrogen) atoms. The van der Waals surface area contributed by atoms with Gasteiger partial charge in [-0.05, 0) is 5.75 Å². The molecule has 1 nitrogen and oxygen atoms in total. The second kappa shape index (κ2) is 7.66. The molecule has 0 bridgehead atoms. The van der Waals surface area contributed by atoms with Gasteiger partial charge >= 0.3 is 0 Å². The molecule has 0 saturated heterocycles. The molecule has 0 rings (SSSR count).